The summed E-state index contributed by atoms with van der Waals surface area (Å²) in [5.74, 6) is -0.282. The molecule has 102 valence electrons. The quantitative estimate of drug-likeness (QED) is 0.893. The maximum Gasteiger partial charge on any atom is 0.127 e. The smallest absolute Gasteiger partial charge is 0.127 e. The van der Waals surface area contributed by atoms with Crippen LogP contribution in [0.3, 0.4) is 0 Å². The first kappa shape index (κ1) is 15.4. The molecule has 0 fully saturated rings. The molecular weight excluding hydrogens is 251 g/mol. The predicted octanol–water partition coefficient (Wildman–Crippen LogP) is 3.08. The SMILES string of the molecule is CCC(C)(C(N)Cc1ccc(Cl)cc1F)N(C)C. The van der Waals surface area contributed by atoms with E-state index in [4.69, 9.17) is 17.3 Å². The van der Waals surface area contributed by atoms with Crippen molar-refractivity contribution in [1.82, 2.24) is 4.90 Å². The van der Waals surface area contributed by atoms with Gasteiger partial charge >= 0.3 is 0 Å². The van der Waals surface area contributed by atoms with Crippen LogP contribution in [-0.4, -0.2) is 30.6 Å². The van der Waals surface area contributed by atoms with Gasteiger partial charge in [-0.25, -0.2) is 4.39 Å². The summed E-state index contributed by atoms with van der Waals surface area (Å²) in [6, 6.07) is 4.62. The second-order valence-electron chi connectivity index (χ2n) is 5.15. The molecule has 2 atom stereocenters. The Morgan fingerprint density at radius 2 is 2.06 bits per heavy atom. The summed E-state index contributed by atoms with van der Waals surface area (Å²) in [6.07, 6.45) is 1.42. The summed E-state index contributed by atoms with van der Waals surface area (Å²) in [6.45, 7) is 4.20. The Bertz CT molecular complexity index is 409. The average molecular weight is 273 g/mol. The minimum absolute atomic E-state index is 0.131. The average Bonchev–Trinajstić information content (AvgIpc) is 2.31. The van der Waals surface area contributed by atoms with E-state index >= 15 is 0 Å². The standard InChI is InChI=1S/C14H22ClFN2/c1-5-14(2,18(3)4)13(17)8-10-6-7-11(15)9-12(10)16/h6-7,9,13H,5,8,17H2,1-4H3. The molecule has 2 unspecified atom stereocenters. The first-order valence-corrected chi connectivity index (χ1v) is 6.56. The van der Waals surface area contributed by atoms with Crippen LogP contribution in [0.4, 0.5) is 4.39 Å². The van der Waals surface area contributed by atoms with Crippen LogP contribution in [0.5, 0.6) is 0 Å². The van der Waals surface area contributed by atoms with Crippen LogP contribution in [0.15, 0.2) is 18.2 Å². The van der Waals surface area contributed by atoms with Gasteiger partial charge in [0.1, 0.15) is 5.82 Å². The molecule has 0 saturated heterocycles. The van der Waals surface area contributed by atoms with Gasteiger partial charge in [0, 0.05) is 16.6 Å². The molecule has 0 amide bonds. The van der Waals surface area contributed by atoms with E-state index in [0.717, 1.165) is 6.42 Å². The molecule has 0 bridgehead atoms. The number of likely N-dealkylation sites (N-methyl/N-ethyl adjacent to an activating group) is 1. The van der Waals surface area contributed by atoms with Crippen molar-refractivity contribution >= 4 is 11.6 Å². The fraction of sp³-hybridized carbons (Fsp3) is 0.571. The number of benzene rings is 1. The first-order valence-electron chi connectivity index (χ1n) is 6.18. The van der Waals surface area contributed by atoms with Gasteiger partial charge in [0.2, 0.25) is 0 Å². The van der Waals surface area contributed by atoms with Crippen molar-refractivity contribution < 1.29 is 4.39 Å². The van der Waals surface area contributed by atoms with E-state index < -0.39 is 0 Å². The highest BCUT2D eigenvalue weighted by Gasteiger charge is 2.32. The lowest BCUT2D eigenvalue weighted by molar-refractivity contribution is 0.131. The topological polar surface area (TPSA) is 29.3 Å². The Hall–Kier alpha value is -0.640. The Balaban J connectivity index is 2.89. The fourth-order valence-electron chi connectivity index (χ4n) is 2.05. The highest BCUT2D eigenvalue weighted by molar-refractivity contribution is 6.30. The Morgan fingerprint density at radius 3 is 2.50 bits per heavy atom. The van der Waals surface area contributed by atoms with Crippen LogP contribution in [0.1, 0.15) is 25.8 Å². The molecule has 0 aliphatic carbocycles. The van der Waals surface area contributed by atoms with Crippen molar-refractivity contribution in [2.45, 2.75) is 38.3 Å². The van der Waals surface area contributed by atoms with E-state index in [1.807, 2.05) is 14.1 Å². The summed E-state index contributed by atoms with van der Waals surface area (Å²) in [7, 11) is 4.00. The Kier molecular flexibility index (Phi) is 5.14. The zero-order valence-corrected chi connectivity index (χ0v) is 12.3. The van der Waals surface area contributed by atoms with Crippen LogP contribution < -0.4 is 5.73 Å². The maximum atomic E-state index is 13.8. The summed E-state index contributed by atoms with van der Waals surface area (Å²) in [5.41, 5.74) is 6.73. The van der Waals surface area contributed by atoms with E-state index in [-0.39, 0.29) is 17.4 Å². The third kappa shape index (κ3) is 3.22. The van der Waals surface area contributed by atoms with E-state index in [1.54, 1.807) is 12.1 Å². The molecule has 0 spiro atoms. The highest BCUT2D eigenvalue weighted by Crippen LogP contribution is 2.24. The van der Waals surface area contributed by atoms with Crippen LogP contribution in [0, 0.1) is 5.82 Å². The van der Waals surface area contributed by atoms with Crippen LogP contribution in [-0.2, 0) is 6.42 Å². The van der Waals surface area contributed by atoms with Crippen LogP contribution in [0.2, 0.25) is 5.02 Å². The van der Waals surface area contributed by atoms with Gasteiger partial charge in [0.05, 0.1) is 0 Å². The van der Waals surface area contributed by atoms with Gasteiger partial charge in [-0.3, -0.25) is 0 Å². The van der Waals surface area contributed by atoms with Crippen molar-refractivity contribution in [3.63, 3.8) is 0 Å². The molecule has 1 aromatic carbocycles. The van der Waals surface area contributed by atoms with E-state index in [9.17, 15) is 4.39 Å². The van der Waals surface area contributed by atoms with Crippen molar-refractivity contribution in [2.75, 3.05) is 14.1 Å². The molecule has 0 heterocycles. The number of hydrogen-bond donors (Lipinski definition) is 1. The number of nitrogens with zero attached hydrogens (tertiary/aromatic N) is 1. The predicted molar refractivity (Wildman–Crippen MR) is 75.5 cm³/mol. The molecule has 0 aromatic heterocycles. The third-order valence-electron chi connectivity index (χ3n) is 3.99. The summed E-state index contributed by atoms with van der Waals surface area (Å²) >= 11 is 5.74. The zero-order chi connectivity index (χ0) is 13.9. The third-order valence-corrected chi connectivity index (χ3v) is 4.23. The molecule has 0 saturated carbocycles. The van der Waals surface area contributed by atoms with Crippen LogP contribution in [0.25, 0.3) is 0 Å². The van der Waals surface area contributed by atoms with E-state index in [1.165, 1.54) is 6.07 Å². The monoisotopic (exact) mass is 272 g/mol. The van der Waals surface area contributed by atoms with Gasteiger partial charge in [0.15, 0.2) is 0 Å². The van der Waals surface area contributed by atoms with Crippen molar-refractivity contribution in [3.05, 3.63) is 34.6 Å². The number of halogens is 2. The van der Waals surface area contributed by atoms with Gasteiger partial charge in [-0.1, -0.05) is 24.6 Å². The Morgan fingerprint density at radius 1 is 1.44 bits per heavy atom. The lowest BCUT2D eigenvalue weighted by Gasteiger charge is -2.41. The molecule has 1 aromatic rings. The normalized spacial score (nSPS) is 16.7. The highest BCUT2D eigenvalue weighted by atomic mass is 35.5. The van der Waals surface area contributed by atoms with Gasteiger partial charge in [-0.05, 0) is 51.6 Å². The fourth-order valence-corrected chi connectivity index (χ4v) is 2.21. The van der Waals surface area contributed by atoms with E-state index in [2.05, 4.69) is 18.7 Å². The molecule has 0 aliphatic rings. The van der Waals surface area contributed by atoms with Crippen molar-refractivity contribution in [3.8, 4) is 0 Å². The number of nitrogens with two attached hydrogens (primary N) is 1. The molecule has 1 rings (SSSR count). The lowest BCUT2D eigenvalue weighted by Crippen LogP contribution is -2.55. The minimum Gasteiger partial charge on any atom is -0.326 e. The molecule has 2 N–H and O–H groups in total. The van der Waals surface area contributed by atoms with Gasteiger partial charge in [-0.2, -0.15) is 0 Å². The van der Waals surface area contributed by atoms with Crippen molar-refractivity contribution in [1.29, 1.82) is 0 Å². The number of rotatable bonds is 5. The first-order chi connectivity index (χ1) is 8.31. The van der Waals surface area contributed by atoms with Crippen LogP contribution >= 0.6 is 11.6 Å². The second-order valence-corrected chi connectivity index (χ2v) is 5.59. The van der Waals surface area contributed by atoms with E-state index in [0.29, 0.717) is 17.0 Å². The second kappa shape index (κ2) is 6.00. The zero-order valence-electron chi connectivity index (χ0n) is 11.5. The molecular formula is C14H22ClFN2. The molecule has 0 aliphatic heterocycles. The number of hydrogen-bond acceptors (Lipinski definition) is 2. The minimum atomic E-state index is -0.282. The molecule has 0 radical (unpaired) electrons. The van der Waals surface area contributed by atoms with Gasteiger partial charge in [0.25, 0.3) is 0 Å². The molecule has 4 heteroatoms. The largest absolute Gasteiger partial charge is 0.326 e. The molecule has 2 nitrogen and oxygen atoms in total. The summed E-state index contributed by atoms with van der Waals surface area (Å²) in [5, 5.41) is 0.413. The maximum absolute atomic E-state index is 13.8. The van der Waals surface area contributed by atoms with Crippen molar-refractivity contribution in [2.24, 2.45) is 5.73 Å². The molecule has 18 heavy (non-hydrogen) atoms. The van der Waals surface area contributed by atoms with Gasteiger partial charge in [-0.15, -0.1) is 0 Å². The lowest BCUT2D eigenvalue weighted by atomic mass is 9.84. The van der Waals surface area contributed by atoms with Gasteiger partial charge < -0.3 is 10.6 Å². The summed E-state index contributed by atoms with van der Waals surface area (Å²) in [4.78, 5) is 2.10. The summed E-state index contributed by atoms with van der Waals surface area (Å²) < 4.78 is 13.8. The Labute approximate surface area is 114 Å².